The van der Waals surface area contributed by atoms with Crippen molar-refractivity contribution in [3.8, 4) is 0 Å². The van der Waals surface area contributed by atoms with E-state index in [0.717, 1.165) is 19.4 Å². The zero-order valence-electron chi connectivity index (χ0n) is 7.14. The molecule has 0 fully saturated rings. The lowest BCUT2D eigenvalue weighted by Crippen LogP contribution is -2.24. The topological polar surface area (TPSA) is 29.1 Å². The average molecular weight is 178 g/mol. The number of hydrogen-bond acceptors (Lipinski definition) is 1. The van der Waals surface area contributed by atoms with Gasteiger partial charge >= 0.3 is 0 Å². The predicted octanol–water partition coefficient (Wildman–Crippen LogP) is 1.90. The Kier molecular flexibility index (Phi) is 9.07. The lowest BCUT2D eigenvalue weighted by atomic mass is 10.3. The van der Waals surface area contributed by atoms with E-state index in [1.165, 1.54) is 0 Å². The molecule has 0 radical (unpaired) electrons. The van der Waals surface area contributed by atoms with Crippen molar-refractivity contribution in [3.05, 3.63) is 12.2 Å². The Morgan fingerprint density at radius 3 is 2.45 bits per heavy atom. The summed E-state index contributed by atoms with van der Waals surface area (Å²) in [7, 11) is 0. The summed E-state index contributed by atoms with van der Waals surface area (Å²) in [6.45, 7) is 8.09. The Labute approximate surface area is 74.5 Å². The summed E-state index contributed by atoms with van der Waals surface area (Å²) >= 11 is 0. The molecule has 0 spiro atoms. The number of carbonyl (C=O) groups excluding carboxylic acids is 1. The second kappa shape index (κ2) is 7.61. The van der Waals surface area contributed by atoms with Gasteiger partial charge in [0.1, 0.15) is 0 Å². The van der Waals surface area contributed by atoms with E-state index in [1.807, 2.05) is 0 Å². The third kappa shape index (κ3) is 7.40. The minimum Gasteiger partial charge on any atom is -0.352 e. The highest BCUT2D eigenvalue weighted by atomic mass is 35.5. The van der Waals surface area contributed by atoms with Crippen LogP contribution in [-0.4, -0.2) is 12.5 Å². The molecule has 0 aliphatic rings. The molecule has 2 nitrogen and oxygen atoms in total. The van der Waals surface area contributed by atoms with Crippen molar-refractivity contribution < 1.29 is 4.79 Å². The van der Waals surface area contributed by atoms with Crippen LogP contribution in [0.15, 0.2) is 12.2 Å². The zero-order valence-corrected chi connectivity index (χ0v) is 7.96. The van der Waals surface area contributed by atoms with Gasteiger partial charge in [-0.3, -0.25) is 4.79 Å². The molecule has 0 aliphatic carbocycles. The number of nitrogens with one attached hydrogen (secondary N) is 1. The first-order valence-electron chi connectivity index (χ1n) is 3.62. The van der Waals surface area contributed by atoms with E-state index >= 15 is 0 Å². The molecule has 1 N–H and O–H groups in total. The molecule has 1 amide bonds. The van der Waals surface area contributed by atoms with Crippen molar-refractivity contribution in [3.63, 3.8) is 0 Å². The normalized spacial score (nSPS) is 8.18. The van der Waals surface area contributed by atoms with Crippen LogP contribution < -0.4 is 5.32 Å². The summed E-state index contributed by atoms with van der Waals surface area (Å²) in [6, 6.07) is 0. The van der Waals surface area contributed by atoms with Gasteiger partial charge in [0.2, 0.25) is 5.91 Å². The lowest BCUT2D eigenvalue weighted by molar-refractivity contribution is -0.117. The van der Waals surface area contributed by atoms with Crippen LogP contribution in [-0.2, 0) is 4.79 Å². The summed E-state index contributed by atoms with van der Waals surface area (Å²) in [5.74, 6) is -0.0338. The van der Waals surface area contributed by atoms with Gasteiger partial charge in [-0.05, 0) is 13.3 Å². The molecule has 0 saturated heterocycles. The van der Waals surface area contributed by atoms with Crippen LogP contribution in [0.5, 0.6) is 0 Å². The van der Waals surface area contributed by atoms with Gasteiger partial charge in [0.05, 0.1) is 0 Å². The Morgan fingerprint density at radius 1 is 1.55 bits per heavy atom. The molecule has 3 heteroatoms. The average Bonchev–Trinajstić information content (AvgIpc) is 1.88. The Morgan fingerprint density at radius 2 is 2.09 bits per heavy atom. The maximum atomic E-state index is 10.8. The van der Waals surface area contributed by atoms with Crippen molar-refractivity contribution in [1.29, 1.82) is 0 Å². The van der Waals surface area contributed by atoms with Crippen LogP contribution in [0.2, 0.25) is 0 Å². The van der Waals surface area contributed by atoms with E-state index in [1.54, 1.807) is 6.92 Å². The molecule has 0 aromatic heterocycles. The highest BCUT2D eigenvalue weighted by Gasteiger charge is 1.97. The van der Waals surface area contributed by atoms with Gasteiger partial charge in [0, 0.05) is 12.1 Å². The molecule has 0 unspecified atom stereocenters. The predicted molar refractivity (Wildman–Crippen MR) is 50.0 cm³/mol. The van der Waals surface area contributed by atoms with E-state index < -0.39 is 0 Å². The van der Waals surface area contributed by atoms with Gasteiger partial charge in [-0.1, -0.05) is 19.9 Å². The van der Waals surface area contributed by atoms with E-state index in [0.29, 0.717) is 5.57 Å². The van der Waals surface area contributed by atoms with Crippen molar-refractivity contribution in [2.24, 2.45) is 0 Å². The second-order valence-electron chi connectivity index (χ2n) is 2.39. The van der Waals surface area contributed by atoms with Gasteiger partial charge in [0.25, 0.3) is 0 Å². The van der Waals surface area contributed by atoms with Crippen molar-refractivity contribution in [1.82, 2.24) is 5.32 Å². The maximum Gasteiger partial charge on any atom is 0.246 e. The molecule has 0 atom stereocenters. The number of amides is 1. The molecular formula is C8H16ClNO. The molecule has 0 aromatic rings. The molecule has 0 aromatic carbocycles. The van der Waals surface area contributed by atoms with Gasteiger partial charge in [0.15, 0.2) is 0 Å². The van der Waals surface area contributed by atoms with E-state index in [9.17, 15) is 4.79 Å². The molecule has 0 aliphatic heterocycles. The molecule has 0 heterocycles. The fourth-order valence-electron chi connectivity index (χ4n) is 0.530. The third-order valence-corrected chi connectivity index (χ3v) is 1.20. The number of carbonyl (C=O) groups is 1. The van der Waals surface area contributed by atoms with E-state index in [-0.39, 0.29) is 18.3 Å². The highest BCUT2D eigenvalue weighted by Crippen LogP contribution is 1.87. The lowest BCUT2D eigenvalue weighted by Gasteiger charge is -2.01. The largest absolute Gasteiger partial charge is 0.352 e. The first-order chi connectivity index (χ1) is 4.68. The molecule has 0 bridgehead atoms. The van der Waals surface area contributed by atoms with Crippen LogP contribution in [0, 0.1) is 0 Å². The van der Waals surface area contributed by atoms with Crippen LogP contribution in [0.4, 0.5) is 0 Å². The van der Waals surface area contributed by atoms with Gasteiger partial charge in [-0.15, -0.1) is 12.4 Å². The first-order valence-corrected chi connectivity index (χ1v) is 3.62. The fraction of sp³-hybridized carbons (Fsp3) is 0.625. The van der Waals surface area contributed by atoms with Gasteiger partial charge < -0.3 is 5.32 Å². The van der Waals surface area contributed by atoms with Crippen molar-refractivity contribution >= 4 is 18.3 Å². The monoisotopic (exact) mass is 177 g/mol. The highest BCUT2D eigenvalue weighted by molar-refractivity contribution is 5.91. The van der Waals surface area contributed by atoms with E-state index in [2.05, 4.69) is 18.8 Å². The first kappa shape index (κ1) is 13.1. The van der Waals surface area contributed by atoms with Crippen molar-refractivity contribution in [2.45, 2.75) is 26.7 Å². The van der Waals surface area contributed by atoms with Crippen molar-refractivity contribution in [2.75, 3.05) is 6.54 Å². The maximum absolute atomic E-state index is 10.8. The van der Waals surface area contributed by atoms with Crippen LogP contribution >= 0.6 is 12.4 Å². The van der Waals surface area contributed by atoms with Crippen LogP contribution in [0.25, 0.3) is 0 Å². The standard InChI is InChI=1S/C8H15NO.ClH/c1-4-5-6-9-8(10)7(2)3;/h2,4-6H2,1,3H3,(H,9,10);1H. The molecule has 11 heavy (non-hydrogen) atoms. The fourth-order valence-corrected chi connectivity index (χ4v) is 0.530. The number of halogens is 1. The van der Waals surface area contributed by atoms with E-state index in [4.69, 9.17) is 0 Å². The summed E-state index contributed by atoms with van der Waals surface area (Å²) in [4.78, 5) is 10.8. The molecule has 66 valence electrons. The summed E-state index contributed by atoms with van der Waals surface area (Å²) in [6.07, 6.45) is 2.15. The number of unbranched alkanes of at least 4 members (excludes halogenated alkanes) is 1. The minimum atomic E-state index is -0.0338. The molecule has 0 rings (SSSR count). The second-order valence-corrected chi connectivity index (χ2v) is 2.39. The van der Waals surface area contributed by atoms with Crippen LogP contribution in [0.3, 0.4) is 0 Å². The van der Waals surface area contributed by atoms with Gasteiger partial charge in [-0.2, -0.15) is 0 Å². The SMILES string of the molecule is C=C(C)C(=O)NCCCC.Cl. The van der Waals surface area contributed by atoms with Gasteiger partial charge in [-0.25, -0.2) is 0 Å². The summed E-state index contributed by atoms with van der Waals surface area (Å²) in [5, 5.41) is 2.74. The summed E-state index contributed by atoms with van der Waals surface area (Å²) < 4.78 is 0. The number of hydrogen-bond donors (Lipinski definition) is 1. The Balaban J connectivity index is 0. The summed E-state index contributed by atoms with van der Waals surface area (Å²) in [5.41, 5.74) is 0.580. The molecular weight excluding hydrogens is 162 g/mol. The Bertz CT molecular complexity index is 134. The zero-order chi connectivity index (χ0) is 7.98. The smallest absolute Gasteiger partial charge is 0.246 e. The number of rotatable bonds is 4. The quantitative estimate of drug-likeness (QED) is 0.516. The minimum absolute atomic E-state index is 0. The van der Waals surface area contributed by atoms with Crippen LogP contribution in [0.1, 0.15) is 26.7 Å². The third-order valence-electron chi connectivity index (χ3n) is 1.20. The Hall–Kier alpha value is -0.500. The molecule has 0 saturated carbocycles.